The maximum Gasteiger partial charge on any atom is 0.232 e. The molecule has 2 rings (SSSR count). The van der Waals surface area contributed by atoms with Crippen molar-refractivity contribution in [2.24, 2.45) is 0 Å². The van der Waals surface area contributed by atoms with Crippen LogP contribution in [0.25, 0.3) is 10.9 Å². The van der Waals surface area contributed by atoms with Crippen LogP contribution in [0, 0.1) is 0 Å². The summed E-state index contributed by atoms with van der Waals surface area (Å²) in [5.74, 6) is 0. The number of pyridine rings is 1. The number of halogens is 5. The van der Waals surface area contributed by atoms with Crippen LogP contribution in [0.5, 0.6) is 0 Å². The molecule has 1 aromatic heterocycles. The van der Waals surface area contributed by atoms with Crippen LogP contribution in [0.3, 0.4) is 0 Å². The van der Waals surface area contributed by atoms with Crippen molar-refractivity contribution in [3.05, 3.63) is 40.0 Å². The molecule has 2 aromatic rings. The Hall–Kier alpha value is 0.0800. The van der Waals surface area contributed by atoms with E-state index >= 15 is 0 Å². The van der Waals surface area contributed by atoms with Gasteiger partial charge in [-0.15, -0.1) is 0 Å². The number of rotatable bonds is 0. The van der Waals surface area contributed by atoms with Gasteiger partial charge in [0.05, 0.1) is 16.2 Å². The van der Waals surface area contributed by atoms with Crippen molar-refractivity contribution in [3.63, 3.8) is 0 Å². The summed E-state index contributed by atoms with van der Waals surface area (Å²) in [5, 5.41) is 1.76. The normalized spacial score (nSPS) is 12.1. The Morgan fingerprint density at radius 2 is 1.69 bits per heavy atom. The summed E-state index contributed by atoms with van der Waals surface area (Å²) < 4.78 is -1.59. The Balaban J connectivity index is 2.74. The maximum atomic E-state index is 6.07. The Labute approximate surface area is 117 Å². The van der Waals surface area contributed by atoms with E-state index in [4.69, 9.17) is 58.0 Å². The molecule has 0 atom stereocenters. The fourth-order valence-electron chi connectivity index (χ4n) is 1.30. The first-order chi connectivity index (χ1) is 7.38. The van der Waals surface area contributed by atoms with Crippen LogP contribution in [-0.2, 0) is 3.79 Å². The molecule has 0 bridgehead atoms. The van der Waals surface area contributed by atoms with Crippen LogP contribution in [0.1, 0.15) is 5.69 Å². The quantitative estimate of drug-likeness (QED) is 0.596. The van der Waals surface area contributed by atoms with E-state index in [1.54, 1.807) is 18.2 Å². The molecule has 0 saturated heterocycles. The van der Waals surface area contributed by atoms with E-state index in [9.17, 15) is 0 Å². The molecule has 0 N–H and O–H groups in total. The van der Waals surface area contributed by atoms with Crippen molar-refractivity contribution in [3.8, 4) is 0 Å². The number of benzene rings is 1. The molecule has 0 fully saturated rings. The van der Waals surface area contributed by atoms with Crippen LogP contribution in [0.4, 0.5) is 0 Å². The highest BCUT2D eigenvalue weighted by atomic mass is 35.6. The van der Waals surface area contributed by atoms with E-state index < -0.39 is 3.79 Å². The van der Waals surface area contributed by atoms with E-state index in [2.05, 4.69) is 4.98 Å². The van der Waals surface area contributed by atoms with Crippen molar-refractivity contribution in [1.29, 1.82) is 0 Å². The lowest BCUT2D eigenvalue weighted by molar-refractivity contribution is 1.12. The third-order valence-corrected chi connectivity index (χ3v) is 3.14. The van der Waals surface area contributed by atoms with Gasteiger partial charge in [-0.3, -0.25) is 0 Å². The van der Waals surface area contributed by atoms with Gasteiger partial charge in [0.15, 0.2) is 0 Å². The maximum absolute atomic E-state index is 6.07. The minimum atomic E-state index is -1.59. The second-order valence-electron chi connectivity index (χ2n) is 3.15. The van der Waals surface area contributed by atoms with Crippen LogP contribution >= 0.6 is 58.0 Å². The molecule has 0 saturated carbocycles. The highest BCUT2D eigenvalue weighted by Crippen LogP contribution is 2.39. The van der Waals surface area contributed by atoms with Gasteiger partial charge in [-0.25, -0.2) is 4.98 Å². The molecule has 6 heteroatoms. The van der Waals surface area contributed by atoms with Gasteiger partial charge in [-0.1, -0.05) is 58.0 Å². The summed E-state index contributed by atoms with van der Waals surface area (Å²) in [6.45, 7) is 0. The third kappa shape index (κ3) is 2.49. The number of hydrogen-bond acceptors (Lipinski definition) is 1. The highest BCUT2D eigenvalue weighted by molar-refractivity contribution is 6.66. The Kier molecular flexibility index (Phi) is 3.44. The summed E-state index contributed by atoms with van der Waals surface area (Å²) in [4.78, 5) is 4.21. The smallest absolute Gasteiger partial charge is 0.232 e. The largest absolute Gasteiger partial charge is 0.248 e. The average molecular weight is 315 g/mol. The lowest BCUT2D eigenvalue weighted by Gasteiger charge is -2.12. The van der Waals surface area contributed by atoms with E-state index in [1.165, 1.54) is 6.07 Å². The molecule has 1 heterocycles. The van der Waals surface area contributed by atoms with Gasteiger partial charge in [0, 0.05) is 10.4 Å². The monoisotopic (exact) mass is 313 g/mol. The molecule has 16 heavy (non-hydrogen) atoms. The number of aromatic nitrogens is 1. The fourth-order valence-corrected chi connectivity index (χ4v) is 2.02. The fraction of sp³-hybridized carbons (Fsp3) is 0.100. The lowest BCUT2D eigenvalue weighted by atomic mass is 10.2. The second-order valence-corrected chi connectivity index (χ2v) is 6.27. The van der Waals surface area contributed by atoms with Gasteiger partial charge < -0.3 is 0 Å². The van der Waals surface area contributed by atoms with Gasteiger partial charge in [0.2, 0.25) is 3.79 Å². The molecule has 1 aromatic carbocycles. The summed E-state index contributed by atoms with van der Waals surface area (Å²) >= 11 is 29.2. The number of fused-ring (bicyclic) bond motifs is 1. The zero-order chi connectivity index (χ0) is 11.9. The molecule has 0 aliphatic heterocycles. The lowest BCUT2D eigenvalue weighted by Crippen LogP contribution is -2.03. The summed E-state index contributed by atoms with van der Waals surface area (Å²) in [6.07, 6.45) is 0. The zero-order valence-electron chi connectivity index (χ0n) is 7.65. The standard InChI is InChI=1S/C10H4Cl5N/c11-5-1-2-8-6(3-5)7(12)4-9(16-8)10(13,14)15/h1-4H. The SMILES string of the molecule is Clc1ccc2nc(C(Cl)(Cl)Cl)cc(Cl)c2c1. The zero-order valence-corrected chi connectivity index (χ0v) is 11.4. The molecule has 84 valence electrons. The Morgan fingerprint density at radius 1 is 1.00 bits per heavy atom. The van der Waals surface area contributed by atoms with Gasteiger partial charge in [-0.05, 0) is 24.3 Å². The summed E-state index contributed by atoms with van der Waals surface area (Å²) in [5.41, 5.74) is 0.926. The van der Waals surface area contributed by atoms with Crippen LogP contribution < -0.4 is 0 Å². The van der Waals surface area contributed by atoms with Crippen molar-refractivity contribution in [2.75, 3.05) is 0 Å². The summed E-state index contributed by atoms with van der Waals surface area (Å²) in [6, 6.07) is 6.67. The predicted molar refractivity (Wildman–Crippen MR) is 71.0 cm³/mol. The van der Waals surface area contributed by atoms with E-state index in [-0.39, 0.29) is 5.69 Å². The van der Waals surface area contributed by atoms with Crippen molar-refractivity contribution in [1.82, 2.24) is 4.98 Å². The molecular weight excluding hydrogens is 311 g/mol. The second kappa shape index (κ2) is 4.40. The topological polar surface area (TPSA) is 12.9 Å². The molecular formula is C10H4Cl5N. The predicted octanol–water partition coefficient (Wildman–Crippen LogP) is 5.37. The number of nitrogens with zero attached hydrogens (tertiary/aromatic N) is 1. The van der Waals surface area contributed by atoms with Gasteiger partial charge in [0.25, 0.3) is 0 Å². The molecule has 0 aliphatic carbocycles. The van der Waals surface area contributed by atoms with E-state index in [0.29, 0.717) is 15.6 Å². The first-order valence-electron chi connectivity index (χ1n) is 4.21. The minimum absolute atomic E-state index is 0.289. The molecule has 0 spiro atoms. The van der Waals surface area contributed by atoms with Gasteiger partial charge in [0.1, 0.15) is 0 Å². The summed E-state index contributed by atoms with van der Waals surface area (Å²) in [7, 11) is 0. The molecule has 0 aliphatic rings. The van der Waals surface area contributed by atoms with Crippen molar-refractivity contribution >= 4 is 68.9 Å². The van der Waals surface area contributed by atoms with Crippen molar-refractivity contribution in [2.45, 2.75) is 3.79 Å². The minimum Gasteiger partial charge on any atom is -0.248 e. The van der Waals surface area contributed by atoms with Crippen molar-refractivity contribution < 1.29 is 0 Å². The first-order valence-corrected chi connectivity index (χ1v) is 6.10. The third-order valence-electron chi connectivity index (χ3n) is 2.01. The first kappa shape index (κ1) is 12.5. The molecule has 0 unspecified atom stereocenters. The van der Waals surface area contributed by atoms with Gasteiger partial charge >= 0.3 is 0 Å². The van der Waals surface area contributed by atoms with Crippen LogP contribution in [0.2, 0.25) is 10.0 Å². The Morgan fingerprint density at radius 3 is 2.31 bits per heavy atom. The Bertz CT molecular complexity index is 547. The number of hydrogen-bond donors (Lipinski definition) is 0. The van der Waals surface area contributed by atoms with Gasteiger partial charge in [-0.2, -0.15) is 0 Å². The van der Waals surface area contributed by atoms with E-state index in [0.717, 1.165) is 5.39 Å². The van der Waals surface area contributed by atoms with Crippen LogP contribution in [0.15, 0.2) is 24.3 Å². The average Bonchev–Trinajstić information content (AvgIpc) is 2.17. The van der Waals surface area contributed by atoms with Crippen LogP contribution in [-0.4, -0.2) is 4.98 Å². The molecule has 1 nitrogen and oxygen atoms in total. The van der Waals surface area contributed by atoms with E-state index in [1.807, 2.05) is 0 Å². The highest BCUT2D eigenvalue weighted by Gasteiger charge is 2.25. The molecule has 0 amide bonds. The number of alkyl halides is 3. The molecule has 0 radical (unpaired) electrons.